The zero-order valence-corrected chi connectivity index (χ0v) is 10.3. The van der Waals surface area contributed by atoms with Crippen LogP contribution in [0.4, 0.5) is 0 Å². The van der Waals surface area contributed by atoms with Gasteiger partial charge in [0, 0.05) is 0 Å². The summed E-state index contributed by atoms with van der Waals surface area (Å²) < 4.78 is 1.21. The van der Waals surface area contributed by atoms with Crippen LogP contribution < -0.4 is 0 Å². The van der Waals surface area contributed by atoms with Gasteiger partial charge >= 0.3 is 85.8 Å². The minimum atomic E-state index is 0.962. The molecule has 0 spiro atoms. The van der Waals surface area contributed by atoms with Crippen LogP contribution in [0.2, 0.25) is 0 Å². The molecule has 10 heavy (non-hydrogen) atoms. The summed E-state index contributed by atoms with van der Waals surface area (Å²) in [4.78, 5) is 0. The van der Waals surface area contributed by atoms with Gasteiger partial charge in [-0.05, 0) is 0 Å². The normalized spacial score (nSPS) is 9.80. The predicted octanol–water partition coefficient (Wildman–Crippen LogP) is 2.25. The Kier molecular flexibility index (Phi) is 3.88. The summed E-state index contributed by atoms with van der Waals surface area (Å²) in [6.07, 6.45) is 0. The van der Waals surface area contributed by atoms with E-state index in [1.165, 1.54) is 15.2 Å². The van der Waals surface area contributed by atoms with Crippen molar-refractivity contribution in [1.82, 2.24) is 0 Å². The van der Waals surface area contributed by atoms with Crippen molar-refractivity contribution >= 4 is 41.0 Å². The van der Waals surface area contributed by atoms with E-state index in [1.54, 1.807) is 25.1 Å². The van der Waals surface area contributed by atoms with Crippen LogP contribution in [0.25, 0.3) is 0 Å². The number of benzene rings is 1. The SMILES string of the molecule is BrCc1ccc([CH2][Po])cc1. The molecule has 0 saturated heterocycles. The fraction of sp³-hybridized carbons (Fsp3) is 0.250. The maximum absolute atomic E-state index is 3.41. The van der Waals surface area contributed by atoms with Crippen LogP contribution in [0, 0.1) is 0 Å². The van der Waals surface area contributed by atoms with Gasteiger partial charge in [0.05, 0.1) is 0 Å². The molecule has 0 aliphatic rings. The van der Waals surface area contributed by atoms with Gasteiger partial charge in [-0.3, -0.25) is 0 Å². The summed E-state index contributed by atoms with van der Waals surface area (Å²) in [7, 11) is 0. The zero-order valence-electron chi connectivity index (χ0n) is 5.51. The average molecular weight is 393 g/mol. The molecule has 0 nitrogen and oxygen atoms in total. The third-order valence-corrected chi connectivity index (χ3v) is 3.29. The van der Waals surface area contributed by atoms with Gasteiger partial charge < -0.3 is 0 Å². The molecule has 1 aromatic carbocycles. The second kappa shape index (κ2) is 4.47. The van der Waals surface area contributed by atoms with Gasteiger partial charge in [-0.15, -0.1) is 0 Å². The van der Waals surface area contributed by atoms with Gasteiger partial charge in [-0.1, -0.05) is 0 Å². The third kappa shape index (κ3) is 2.33. The Morgan fingerprint density at radius 3 is 2.00 bits per heavy atom. The molecule has 0 saturated carbocycles. The van der Waals surface area contributed by atoms with Gasteiger partial charge in [-0.2, -0.15) is 0 Å². The summed E-state index contributed by atoms with van der Waals surface area (Å²) in [5.41, 5.74) is 2.80. The molecule has 0 aliphatic heterocycles. The van der Waals surface area contributed by atoms with Crippen LogP contribution >= 0.6 is 15.9 Å². The Balaban J connectivity index is 2.80. The van der Waals surface area contributed by atoms with E-state index in [0.717, 1.165) is 5.33 Å². The first-order chi connectivity index (χ1) is 4.86. The van der Waals surface area contributed by atoms with Gasteiger partial charge in [0.15, 0.2) is 0 Å². The van der Waals surface area contributed by atoms with E-state index >= 15 is 0 Å². The monoisotopic (exact) mass is 392 g/mol. The van der Waals surface area contributed by atoms with Crippen molar-refractivity contribution in [3.8, 4) is 0 Å². The predicted molar refractivity (Wildman–Crippen MR) is 48.5 cm³/mol. The number of alkyl halides is 1. The standard InChI is InChI=1S/C8H8Br.Po/c1-7-2-4-8(6-9)5-3-7;/h2-5H,1,6H2;. The zero-order chi connectivity index (χ0) is 7.40. The van der Waals surface area contributed by atoms with Gasteiger partial charge in [0.1, 0.15) is 0 Å². The average Bonchev–Trinajstić information content (AvgIpc) is 2.05. The quantitative estimate of drug-likeness (QED) is 0.677. The van der Waals surface area contributed by atoms with E-state index in [1.807, 2.05) is 0 Å². The molecule has 0 bridgehead atoms. The first-order valence-electron chi connectivity index (χ1n) is 3.08. The topological polar surface area (TPSA) is 0 Å². The Morgan fingerprint density at radius 1 is 1.10 bits per heavy atom. The van der Waals surface area contributed by atoms with Crippen LogP contribution in [-0.4, -0.2) is 25.1 Å². The molecule has 0 heterocycles. The van der Waals surface area contributed by atoms with Crippen molar-refractivity contribution in [2.75, 3.05) is 0 Å². The molecule has 0 N–H and O–H groups in total. The molecule has 0 aromatic heterocycles. The van der Waals surface area contributed by atoms with Crippen molar-refractivity contribution < 1.29 is 0 Å². The molecule has 1 rings (SSSR count). The Labute approximate surface area is 85.3 Å². The summed E-state index contributed by atoms with van der Waals surface area (Å²) in [5.74, 6) is 0. The van der Waals surface area contributed by atoms with Crippen LogP contribution in [0.1, 0.15) is 11.1 Å². The second-order valence-corrected chi connectivity index (χ2v) is 3.78. The first-order valence-corrected chi connectivity index (χ1v) is 6.45. The molecular weight excluding hydrogens is 385 g/mol. The second-order valence-electron chi connectivity index (χ2n) is 2.09. The molecule has 0 amide bonds. The third-order valence-electron chi connectivity index (χ3n) is 1.34. The number of rotatable bonds is 2. The van der Waals surface area contributed by atoms with E-state index < -0.39 is 0 Å². The van der Waals surface area contributed by atoms with E-state index in [0.29, 0.717) is 0 Å². The summed E-state index contributed by atoms with van der Waals surface area (Å²) >= 11 is 5.04. The molecule has 0 unspecified atom stereocenters. The molecule has 1 aromatic rings. The molecular formula is C8H8BrPo. The molecule has 0 fully saturated rings. The number of hydrogen-bond acceptors (Lipinski definition) is 0. The van der Waals surface area contributed by atoms with Crippen molar-refractivity contribution in [3.05, 3.63) is 35.4 Å². The number of halogens is 1. The molecule has 0 aliphatic carbocycles. The first kappa shape index (κ1) is 8.69. The van der Waals surface area contributed by atoms with Crippen LogP contribution in [0.3, 0.4) is 0 Å². The van der Waals surface area contributed by atoms with Crippen molar-refractivity contribution in [2.45, 2.75) is 9.41 Å². The van der Waals surface area contributed by atoms with Gasteiger partial charge in [0.25, 0.3) is 0 Å². The Bertz CT molecular complexity index is 170. The Morgan fingerprint density at radius 2 is 1.60 bits per heavy atom. The van der Waals surface area contributed by atoms with E-state index in [9.17, 15) is 0 Å². The molecule has 53 valence electrons. The van der Waals surface area contributed by atoms with Crippen molar-refractivity contribution in [2.24, 2.45) is 0 Å². The molecule has 2 heteroatoms. The molecule has 0 atom stereocenters. The van der Waals surface area contributed by atoms with Crippen LogP contribution in [-0.2, 0) is 9.41 Å². The van der Waals surface area contributed by atoms with Crippen LogP contribution in [0.5, 0.6) is 0 Å². The summed E-state index contributed by atoms with van der Waals surface area (Å²) in [6, 6.07) is 8.74. The van der Waals surface area contributed by atoms with Gasteiger partial charge in [0.2, 0.25) is 0 Å². The van der Waals surface area contributed by atoms with E-state index in [2.05, 4.69) is 40.2 Å². The summed E-state index contributed by atoms with van der Waals surface area (Å²) in [5, 5.41) is 0.962. The van der Waals surface area contributed by atoms with Crippen molar-refractivity contribution in [1.29, 1.82) is 0 Å². The minimum absolute atomic E-state index is 0.962. The van der Waals surface area contributed by atoms with Crippen molar-refractivity contribution in [3.63, 3.8) is 0 Å². The summed E-state index contributed by atoms with van der Waals surface area (Å²) in [6.45, 7) is 0. The van der Waals surface area contributed by atoms with E-state index in [4.69, 9.17) is 0 Å². The fourth-order valence-electron chi connectivity index (χ4n) is 0.725. The van der Waals surface area contributed by atoms with E-state index in [-0.39, 0.29) is 0 Å². The fourth-order valence-corrected chi connectivity index (χ4v) is 1.85. The maximum atomic E-state index is 3.41. The van der Waals surface area contributed by atoms with Gasteiger partial charge in [-0.25, -0.2) is 0 Å². The number of hydrogen-bond donors (Lipinski definition) is 0. The van der Waals surface area contributed by atoms with Crippen LogP contribution in [0.15, 0.2) is 24.3 Å². The Hall–Kier alpha value is 0.596. The molecule has 1 radical (unpaired) electrons.